The number of hydrogen-bond donors (Lipinski definition) is 2. The Hall–Kier alpha value is -2.44. The van der Waals surface area contributed by atoms with E-state index in [2.05, 4.69) is 15.4 Å². The number of ether oxygens (including phenoxy) is 1. The second kappa shape index (κ2) is 7.02. The van der Waals surface area contributed by atoms with Gasteiger partial charge in [0, 0.05) is 12.8 Å². The van der Waals surface area contributed by atoms with Crippen LogP contribution in [0, 0.1) is 5.82 Å². The number of nitrogens with one attached hydrogen (secondary N) is 2. The summed E-state index contributed by atoms with van der Waals surface area (Å²) in [6, 6.07) is 4.11. The van der Waals surface area contributed by atoms with E-state index in [0.717, 1.165) is 0 Å². The van der Waals surface area contributed by atoms with E-state index in [1.165, 1.54) is 31.4 Å². The maximum Gasteiger partial charge on any atom is 0.328 e. The number of esters is 1. The van der Waals surface area contributed by atoms with Crippen LogP contribution in [0.2, 0.25) is 0 Å². The Morgan fingerprint density at radius 3 is 2.64 bits per heavy atom. The summed E-state index contributed by atoms with van der Waals surface area (Å²) in [5, 5.41) is 5.11. The van der Waals surface area contributed by atoms with Gasteiger partial charge in [-0.2, -0.15) is 0 Å². The van der Waals surface area contributed by atoms with E-state index in [1.807, 2.05) is 0 Å². The van der Waals surface area contributed by atoms with Crippen molar-refractivity contribution in [2.24, 2.45) is 0 Å². The molecule has 1 heterocycles. The third-order valence-corrected chi connectivity index (χ3v) is 3.47. The first-order valence-electron chi connectivity index (χ1n) is 6.91. The molecule has 0 spiro atoms. The van der Waals surface area contributed by atoms with Crippen LogP contribution in [-0.2, 0) is 25.5 Å². The Bertz CT molecular complexity index is 573. The molecule has 2 atom stereocenters. The van der Waals surface area contributed by atoms with Crippen LogP contribution in [-0.4, -0.2) is 37.0 Å². The standard InChI is InChI=1S/C15H17FN2O4/c1-22-15(21)12(8-9-2-4-10(16)5-3-9)18-14(20)11-6-7-13(19)17-11/h2-5,11-12H,6-8H2,1H3,(H,17,19)(H,18,20)/t11-,12-/m1/s1. The monoisotopic (exact) mass is 308 g/mol. The van der Waals surface area contributed by atoms with Gasteiger partial charge < -0.3 is 15.4 Å². The lowest BCUT2D eigenvalue weighted by Crippen LogP contribution is -2.49. The molecule has 1 aliphatic heterocycles. The Morgan fingerprint density at radius 1 is 1.41 bits per heavy atom. The molecule has 1 fully saturated rings. The molecule has 1 aliphatic rings. The zero-order chi connectivity index (χ0) is 16.1. The van der Waals surface area contributed by atoms with Gasteiger partial charge in [0.05, 0.1) is 7.11 Å². The quantitative estimate of drug-likeness (QED) is 0.767. The number of halogens is 1. The van der Waals surface area contributed by atoms with Crippen molar-refractivity contribution in [3.63, 3.8) is 0 Å². The van der Waals surface area contributed by atoms with E-state index in [0.29, 0.717) is 18.4 Å². The summed E-state index contributed by atoms with van der Waals surface area (Å²) in [7, 11) is 1.23. The summed E-state index contributed by atoms with van der Waals surface area (Å²) in [5.41, 5.74) is 0.688. The molecule has 1 saturated heterocycles. The molecule has 2 rings (SSSR count). The first-order valence-corrected chi connectivity index (χ1v) is 6.91. The number of carbonyl (C=O) groups is 3. The van der Waals surface area contributed by atoms with Gasteiger partial charge in [-0.1, -0.05) is 12.1 Å². The predicted molar refractivity (Wildman–Crippen MR) is 75.2 cm³/mol. The number of benzene rings is 1. The zero-order valence-corrected chi connectivity index (χ0v) is 12.1. The number of methoxy groups -OCH3 is 1. The maximum atomic E-state index is 12.9. The van der Waals surface area contributed by atoms with Crippen LogP contribution in [0.1, 0.15) is 18.4 Å². The van der Waals surface area contributed by atoms with Gasteiger partial charge in [0.15, 0.2) is 0 Å². The second-order valence-corrected chi connectivity index (χ2v) is 5.07. The molecule has 22 heavy (non-hydrogen) atoms. The van der Waals surface area contributed by atoms with E-state index in [4.69, 9.17) is 0 Å². The molecular weight excluding hydrogens is 291 g/mol. The lowest BCUT2D eigenvalue weighted by Gasteiger charge is -2.19. The first-order chi connectivity index (χ1) is 10.5. The lowest BCUT2D eigenvalue weighted by molar-refractivity contribution is -0.145. The van der Waals surface area contributed by atoms with Crippen LogP contribution in [0.25, 0.3) is 0 Å². The van der Waals surface area contributed by atoms with Crippen molar-refractivity contribution < 1.29 is 23.5 Å². The van der Waals surface area contributed by atoms with E-state index < -0.39 is 24.0 Å². The molecule has 1 aromatic carbocycles. The summed E-state index contributed by atoms with van der Waals surface area (Å²) in [4.78, 5) is 35.0. The minimum Gasteiger partial charge on any atom is -0.467 e. The highest BCUT2D eigenvalue weighted by atomic mass is 19.1. The maximum absolute atomic E-state index is 12.9. The Morgan fingerprint density at radius 2 is 2.09 bits per heavy atom. The molecule has 2 amide bonds. The topological polar surface area (TPSA) is 84.5 Å². The van der Waals surface area contributed by atoms with Gasteiger partial charge in [-0.3, -0.25) is 9.59 Å². The van der Waals surface area contributed by atoms with Crippen LogP contribution < -0.4 is 10.6 Å². The molecular formula is C15H17FN2O4. The van der Waals surface area contributed by atoms with E-state index in [1.54, 1.807) is 0 Å². The summed E-state index contributed by atoms with van der Waals surface area (Å²) >= 11 is 0. The number of carbonyl (C=O) groups excluding carboxylic acids is 3. The zero-order valence-electron chi connectivity index (χ0n) is 12.1. The molecule has 118 valence electrons. The first kappa shape index (κ1) is 15.9. The van der Waals surface area contributed by atoms with Crippen molar-refractivity contribution in [1.82, 2.24) is 10.6 Å². The summed E-state index contributed by atoms with van der Waals surface area (Å²) in [5.74, 6) is -1.59. The van der Waals surface area contributed by atoms with E-state index >= 15 is 0 Å². The smallest absolute Gasteiger partial charge is 0.328 e. The Kier molecular flexibility index (Phi) is 5.08. The van der Waals surface area contributed by atoms with Crippen molar-refractivity contribution in [1.29, 1.82) is 0 Å². The fraction of sp³-hybridized carbons (Fsp3) is 0.400. The van der Waals surface area contributed by atoms with Crippen LogP contribution in [0.15, 0.2) is 24.3 Å². The Balaban J connectivity index is 2.02. The average molecular weight is 308 g/mol. The number of hydrogen-bond acceptors (Lipinski definition) is 4. The molecule has 0 aliphatic carbocycles. The lowest BCUT2D eigenvalue weighted by atomic mass is 10.1. The normalized spacial score (nSPS) is 18.5. The van der Waals surface area contributed by atoms with Crippen LogP contribution in [0.4, 0.5) is 4.39 Å². The molecule has 0 saturated carbocycles. The van der Waals surface area contributed by atoms with Gasteiger partial charge >= 0.3 is 5.97 Å². The van der Waals surface area contributed by atoms with Gasteiger partial charge in [0.25, 0.3) is 0 Å². The minimum atomic E-state index is -0.888. The molecule has 2 N–H and O–H groups in total. The molecule has 0 radical (unpaired) electrons. The van der Waals surface area contributed by atoms with Crippen LogP contribution >= 0.6 is 0 Å². The molecule has 6 nitrogen and oxygen atoms in total. The fourth-order valence-electron chi connectivity index (χ4n) is 2.27. The highest BCUT2D eigenvalue weighted by molar-refractivity contribution is 5.93. The van der Waals surface area contributed by atoms with Gasteiger partial charge in [-0.05, 0) is 24.1 Å². The fourth-order valence-corrected chi connectivity index (χ4v) is 2.27. The third-order valence-electron chi connectivity index (χ3n) is 3.47. The van der Waals surface area contributed by atoms with Crippen molar-refractivity contribution in [2.45, 2.75) is 31.3 Å². The van der Waals surface area contributed by atoms with Gasteiger partial charge in [0.2, 0.25) is 11.8 Å². The van der Waals surface area contributed by atoms with E-state index in [9.17, 15) is 18.8 Å². The van der Waals surface area contributed by atoms with Gasteiger partial charge in [0.1, 0.15) is 17.9 Å². The largest absolute Gasteiger partial charge is 0.467 e. The highest BCUT2D eigenvalue weighted by Crippen LogP contribution is 2.10. The molecule has 1 aromatic rings. The van der Waals surface area contributed by atoms with Gasteiger partial charge in [-0.15, -0.1) is 0 Å². The van der Waals surface area contributed by atoms with Crippen molar-refractivity contribution in [2.75, 3.05) is 7.11 Å². The predicted octanol–water partition coefficient (Wildman–Crippen LogP) is 0.305. The molecule has 7 heteroatoms. The molecule has 0 aromatic heterocycles. The highest BCUT2D eigenvalue weighted by Gasteiger charge is 2.30. The SMILES string of the molecule is COC(=O)[C@@H](Cc1ccc(F)cc1)NC(=O)[C@H]1CCC(=O)N1. The third kappa shape index (κ3) is 4.03. The van der Waals surface area contributed by atoms with Crippen molar-refractivity contribution in [3.05, 3.63) is 35.6 Å². The van der Waals surface area contributed by atoms with Crippen molar-refractivity contribution in [3.8, 4) is 0 Å². The summed E-state index contributed by atoms with van der Waals surface area (Å²) in [6.45, 7) is 0. The summed E-state index contributed by atoms with van der Waals surface area (Å²) < 4.78 is 17.6. The minimum absolute atomic E-state index is 0.180. The average Bonchev–Trinajstić information content (AvgIpc) is 2.94. The van der Waals surface area contributed by atoms with Gasteiger partial charge in [-0.25, -0.2) is 9.18 Å². The number of rotatable bonds is 5. The molecule has 0 unspecified atom stereocenters. The van der Waals surface area contributed by atoms with Crippen molar-refractivity contribution >= 4 is 17.8 Å². The summed E-state index contributed by atoms with van der Waals surface area (Å²) in [6.07, 6.45) is 0.868. The molecule has 0 bridgehead atoms. The number of amides is 2. The Labute approximate surface area is 127 Å². The van der Waals surface area contributed by atoms with Crippen LogP contribution in [0.5, 0.6) is 0 Å². The van der Waals surface area contributed by atoms with Crippen LogP contribution in [0.3, 0.4) is 0 Å². The van der Waals surface area contributed by atoms with E-state index in [-0.39, 0.29) is 18.1 Å². The second-order valence-electron chi connectivity index (χ2n) is 5.07.